The summed E-state index contributed by atoms with van der Waals surface area (Å²) in [6.45, 7) is 1.52. The van der Waals surface area contributed by atoms with Gasteiger partial charge in [0.1, 0.15) is 5.78 Å². The van der Waals surface area contributed by atoms with Gasteiger partial charge in [0.25, 0.3) is 0 Å². The van der Waals surface area contributed by atoms with Crippen molar-refractivity contribution in [2.75, 3.05) is 0 Å². The van der Waals surface area contributed by atoms with Crippen LogP contribution in [0.3, 0.4) is 0 Å². The van der Waals surface area contributed by atoms with Gasteiger partial charge in [-0.2, -0.15) is 0 Å². The van der Waals surface area contributed by atoms with Crippen LogP contribution in [0, 0.1) is 0 Å². The minimum atomic E-state index is -0.605. The first kappa shape index (κ1) is 6.75. The molecule has 2 nitrogen and oxygen atoms in total. The van der Waals surface area contributed by atoms with Crippen molar-refractivity contribution in [1.29, 1.82) is 0 Å². The Morgan fingerprint density at radius 2 is 2.22 bits per heavy atom. The molecule has 0 spiro atoms. The molecule has 0 atom stereocenters. The van der Waals surface area contributed by atoms with E-state index in [9.17, 15) is 9.90 Å². The van der Waals surface area contributed by atoms with E-state index < -0.39 is 5.60 Å². The van der Waals surface area contributed by atoms with Crippen LogP contribution in [0.15, 0.2) is 0 Å². The van der Waals surface area contributed by atoms with Gasteiger partial charge < -0.3 is 5.11 Å². The molecule has 0 aromatic rings. The van der Waals surface area contributed by atoms with E-state index in [4.69, 9.17) is 0 Å². The van der Waals surface area contributed by atoms with Crippen LogP contribution in [-0.2, 0) is 4.79 Å². The highest BCUT2D eigenvalue weighted by Gasteiger charge is 2.35. The number of Topliss-reactive ketones (excluding diaryl/α,β-unsaturated/α-hetero) is 1. The lowest BCUT2D eigenvalue weighted by Gasteiger charge is -2.35. The standard InChI is InChI=1S/C7H12O2/c1-6(8)5-7(9)3-2-4-7/h9H,2-5H2,1H3. The SMILES string of the molecule is CC(=O)CC1(O)CCC1. The molecular formula is C7H12O2. The highest BCUT2D eigenvalue weighted by molar-refractivity contribution is 5.76. The van der Waals surface area contributed by atoms with Gasteiger partial charge in [-0.3, -0.25) is 4.79 Å². The summed E-state index contributed by atoms with van der Waals surface area (Å²) >= 11 is 0. The molecule has 0 bridgehead atoms. The van der Waals surface area contributed by atoms with E-state index in [1.165, 1.54) is 6.92 Å². The fourth-order valence-electron chi connectivity index (χ4n) is 1.23. The van der Waals surface area contributed by atoms with Crippen LogP contribution < -0.4 is 0 Å². The number of aliphatic hydroxyl groups is 1. The molecule has 0 unspecified atom stereocenters. The molecule has 0 aliphatic heterocycles. The highest BCUT2D eigenvalue weighted by atomic mass is 16.3. The van der Waals surface area contributed by atoms with Gasteiger partial charge in [-0.1, -0.05) is 0 Å². The van der Waals surface area contributed by atoms with Crippen LogP contribution in [-0.4, -0.2) is 16.5 Å². The van der Waals surface area contributed by atoms with Gasteiger partial charge in [-0.05, 0) is 26.2 Å². The molecule has 0 radical (unpaired) electrons. The van der Waals surface area contributed by atoms with E-state index in [0.717, 1.165) is 19.3 Å². The van der Waals surface area contributed by atoms with Crippen LogP contribution in [0.2, 0.25) is 0 Å². The lowest BCUT2D eigenvalue weighted by Crippen LogP contribution is -2.38. The van der Waals surface area contributed by atoms with Crippen molar-refractivity contribution in [2.45, 2.75) is 38.2 Å². The summed E-state index contributed by atoms with van der Waals surface area (Å²) in [4.78, 5) is 10.5. The summed E-state index contributed by atoms with van der Waals surface area (Å²) in [5.41, 5.74) is -0.605. The third-order valence-electron chi connectivity index (χ3n) is 1.86. The van der Waals surface area contributed by atoms with Crippen molar-refractivity contribution >= 4 is 5.78 Å². The molecule has 9 heavy (non-hydrogen) atoms. The Morgan fingerprint density at radius 1 is 1.67 bits per heavy atom. The van der Waals surface area contributed by atoms with Crippen LogP contribution in [0.25, 0.3) is 0 Å². The number of rotatable bonds is 2. The Morgan fingerprint density at radius 3 is 2.33 bits per heavy atom. The van der Waals surface area contributed by atoms with Gasteiger partial charge in [0, 0.05) is 6.42 Å². The fourth-order valence-corrected chi connectivity index (χ4v) is 1.23. The summed E-state index contributed by atoms with van der Waals surface area (Å²) in [7, 11) is 0. The van der Waals surface area contributed by atoms with Crippen LogP contribution in [0.1, 0.15) is 32.6 Å². The largest absolute Gasteiger partial charge is 0.389 e. The van der Waals surface area contributed by atoms with E-state index in [-0.39, 0.29) is 5.78 Å². The second kappa shape index (κ2) is 2.10. The smallest absolute Gasteiger partial charge is 0.132 e. The van der Waals surface area contributed by atoms with Gasteiger partial charge in [-0.15, -0.1) is 0 Å². The first-order valence-electron chi connectivity index (χ1n) is 3.34. The maximum absolute atomic E-state index is 10.5. The molecule has 1 aliphatic carbocycles. The van der Waals surface area contributed by atoms with Gasteiger partial charge in [0.2, 0.25) is 0 Å². The number of hydrogen-bond acceptors (Lipinski definition) is 2. The lowest BCUT2D eigenvalue weighted by molar-refractivity contribution is -0.125. The number of carbonyl (C=O) groups excluding carboxylic acids is 1. The third-order valence-corrected chi connectivity index (χ3v) is 1.86. The van der Waals surface area contributed by atoms with Crippen molar-refractivity contribution in [3.05, 3.63) is 0 Å². The summed E-state index contributed by atoms with van der Waals surface area (Å²) in [5.74, 6) is 0.0946. The lowest BCUT2D eigenvalue weighted by atomic mass is 9.77. The van der Waals surface area contributed by atoms with E-state index in [1.807, 2.05) is 0 Å². The zero-order chi connectivity index (χ0) is 6.91. The number of carbonyl (C=O) groups is 1. The van der Waals surface area contributed by atoms with Crippen molar-refractivity contribution < 1.29 is 9.90 Å². The second-order valence-corrected chi connectivity index (χ2v) is 2.96. The molecular weight excluding hydrogens is 116 g/mol. The van der Waals surface area contributed by atoms with Crippen LogP contribution in [0.5, 0.6) is 0 Å². The zero-order valence-electron chi connectivity index (χ0n) is 5.68. The van der Waals surface area contributed by atoms with Gasteiger partial charge in [-0.25, -0.2) is 0 Å². The van der Waals surface area contributed by atoms with Crippen molar-refractivity contribution in [1.82, 2.24) is 0 Å². The van der Waals surface area contributed by atoms with E-state index in [1.54, 1.807) is 0 Å². The summed E-state index contributed by atoms with van der Waals surface area (Å²) in [6, 6.07) is 0. The molecule has 0 aromatic carbocycles. The van der Waals surface area contributed by atoms with E-state index >= 15 is 0 Å². The third kappa shape index (κ3) is 1.52. The van der Waals surface area contributed by atoms with Crippen LogP contribution >= 0.6 is 0 Å². The highest BCUT2D eigenvalue weighted by Crippen LogP contribution is 2.34. The van der Waals surface area contributed by atoms with E-state index in [2.05, 4.69) is 0 Å². The molecule has 1 fully saturated rings. The van der Waals surface area contributed by atoms with Crippen molar-refractivity contribution in [2.24, 2.45) is 0 Å². The molecule has 1 rings (SSSR count). The monoisotopic (exact) mass is 128 g/mol. The molecule has 2 heteroatoms. The van der Waals surface area contributed by atoms with Crippen molar-refractivity contribution in [3.8, 4) is 0 Å². The van der Waals surface area contributed by atoms with Crippen LogP contribution in [0.4, 0.5) is 0 Å². The Bertz CT molecular complexity index is 125. The molecule has 0 aromatic heterocycles. The van der Waals surface area contributed by atoms with E-state index in [0.29, 0.717) is 6.42 Å². The minimum Gasteiger partial charge on any atom is -0.389 e. The number of ketones is 1. The maximum Gasteiger partial charge on any atom is 0.132 e. The Labute approximate surface area is 54.9 Å². The quantitative estimate of drug-likeness (QED) is 0.599. The summed E-state index contributed by atoms with van der Waals surface area (Å²) in [6.07, 6.45) is 3.05. The normalized spacial score (nSPS) is 22.9. The number of hydrogen-bond donors (Lipinski definition) is 1. The second-order valence-electron chi connectivity index (χ2n) is 2.96. The molecule has 0 saturated heterocycles. The summed E-state index contributed by atoms with van der Waals surface area (Å²) < 4.78 is 0. The first-order chi connectivity index (χ1) is 4.12. The molecule has 1 saturated carbocycles. The zero-order valence-corrected chi connectivity index (χ0v) is 5.68. The fraction of sp³-hybridized carbons (Fsp3) is 0.857. The van der Waals surface area contributed by atoms with Gasteiger partial charge >= 0.3 is 0 Å². The molecule has 52 valence electrons. The molecule has 0 amide bonds. The van der Waals surface area contributed by atoms with Gasteiger partial charge in [0.05, 0.1) is 5.60 Å². The first-order valence-corrected chi connectivity index (χ1v) is 3.34. The van der Waals surface area contributed by atoms with Crippen molar-refractivity contribution in [3.63, 3.8) is 0 Å². The average molecular weight is 128 g/mol. The Kier molecular flexibility index (Phi) is 1.58. The Hall–Kier alpha value is -0.370. The molecule has 1 aliphatic rings. The topological polar surface area (TPSA) is 37.3 Å². The molecule has 0 heterocycles. The predicted octanol–water partition coefficient (Wildman–Crippen LogP) is 0.881. The summed E-state index contributed by atoms with van der Waals surface area (Å²) in [5, 5.41) is 9.36. The maximum atomic E-state index is 10.5. The van der Waals surface area contributed by atoms with Gasteiger partial charge in [0.15, 0.2) is 0 Å². The predicted molar refractivity (Wildman–Crippen MR) is 34.1 cm³/mol. The Balaban J connectivity index is 2.33. The minimum absolute atomic E-state index is 0.0946. The molecule has 1 N–H and O–H groups in total. The average Bonchev–Trinajstić information content (AvgIpc) is 1.60.